The van der Waals surface area contributed by atoms with E-state index in [0.29, 0.717) is 29.3 Å². The summed E-state index contributed by atoms with van der Waals surface area (Å²) >= 11 is 0. The fourth-order valence-electron chi connectivity index (χ4n) is 2.90. The number of anilines is 2. The van der Waals surface area contributed by atoms with Crippen LogP contribution in [0.1, 0.15) is 30.1 Å². The summed E-state index contributed by atoms with van der Waals surface area (Å²) in [5.41, 5.74) is 1.47. The van der Waals surface area contributed by atoms with E-state index in [4.69, 9.17) is 14.2 Å². The first kappa shape index (κ1) is 21.3. The van der Waals surface area contributed by atoms with Gasteiger partial charge in [-0.05, 0) is 61.4 Å². The second-order valence-electron chi connectivity index (χ2n) is 6.85. The molecule has 1 saturated heterocycles. The van der Waals surface area contributed by atoms with Crippen LogP contribution in [-0.2, 0) is 19.1 Å². The van der Waals surface area contributed by atoms with Crippen LogP contribution in [0.5, 0.6) is 5.75 Å². The first-order valence-electron chi connectivity index (χ1n) is 9.69. The van der Waals surface area contributed by atoms with Crippen molar-refractivity contribution in [1.29, 1.82) is 0 Å². The van der Waals surface area contributed by atoms with E-state index < -0.39 is 18.5 Å². The Morgan fingerprint density at radius 2 is 1.67 bits per heavy atom. The predicted octanol–water partition coefficient (Wildman–Crippen LogP) is 3.00. The quantitative estimate of drug-likeness (QED) is 0.646. The SMILES string of the molecule is CC(=O)Nc1ccc(NC(=O)COC(=O)c2ccc(OC[C@H]3CCCO3)cc2)cc1. The first-order valence-corrected chi connectivity index (χ1v) is 9.69. The molecular weight excluding hydrogens is 388 g/mol. The number of nitrogens with one attached hydrogen (secondary N) is 2. The van der Waals surface area contributed by atoms with Crippen LogP contribution in [0.3, 0.4) is 0 Å². The fraction of sp³-hybridized carbons (Fsp3) is 0.318. The van der Waals surface area contributed by atoms with Gasteiger partial charge in [0.1, 0.15) is 12.4 Å². The third-order valence-corrected chi connectivity index (χ3v) is 4.37. The predicted molar refractivity (Wildman–Crippen MR) is 111 cm³/mol. The molecule has 8 heteroatoms. The highest BCUT2D eigenvalue weighted by atomic mass is 16.5. The molecule has 2 amide bonds. The summed E-state index contributed by atoms with van der Waals surface area (Å²) in [7, 11) is 0. The van der Waals surface area contributed by atoms with E-state index in [2.05, 4.69) is 10.6 Å². The highest BCUT2D eigenvalue weighted by Gasteiger charge is 2.16. The zero-order valence-electron chi connectivity index (χ0n) is 16.7. The zero-order chi connectivity index (χ0) is 21.3. The Kier molecular flexibility index (Phi) is 7.40. The topological polar surface area (TPSA) is 103 Å². The second kappa shape index (κ2) is 10.4. The molecule has 1 aliphatic heterocycles. The molecule has 0 aliphatic carbocycles. The summed E-state index contributed by atoms with van der Waals surface area (Å²) in [6.45, 7) is 2.25. The smallest absolute Gasteiger partial charge is 0.338 e. The van der Waals surface area contributed by atoms with Gasteiger partial charge >= 0.3 is 5.97 Å². The van der Waals surface area contributed by atoms with E-state index in [9.17, 15) is 14.4 Å². The van der Waals surface area contributed by atoms with Gasteiger partial charge in [0.05, 0.1) is 11.7 Å². The van der Waals surface area contributed by atoms with Crippen LogP contribution in [-0.4, -0.2) is 43.7 Å². The molecule has 1 atom stereocenters. The monoisotopic (exact) mass is 412 g/mol. The number of ether oxygens (including phenoxy) is 3. The minimum Gasteiger partial charge on any atom is -0.491 e. The van der Waals surface area contributed by atoms with Gasteiger partial charge in [-0.3, -0.25) is 9.59 Å². The molecule has 8 nitrogen and oxygen atoms in total. The molecule has 3 rings (SSSR count). The molecule has 1 heterocycles. The number of carbonyl (C=O) groups is 3. The zero-order valence-corrected chi connectivity index (χ0v) is 16.7. The van der Waals surface area contributed by atoms with Crippen LogP contribution < -0.4 is 15.4 Å². The van der Waals surface area contributed by atoms with Gasteiger partial charge in [0.25, 0.3) is 5.91 Å². The van der Waals surface area contributed by atoms with Gasteiger partial charge in [0, 0.05) is 24.9 Å². The largest absolute Gasteiger partial charge is 0.491 e. The van der Waals surface area contributed by atoms with Crippen molar-refractivity contribution in [3.05, 3.63) is 54.1 Å². The maximum atomic E-state index is 12.1. The van der Waals surface area contributed by atoms with E-state index in [1.807, 2.05) is 0 Å². The maximum Gasteiger partial charge on any atom is 0.338 e. The summed E-state index contributed by atoms with van der Waals surface area (Å²) in [6, 6.07) is 13.1. The third kappa shape index (κ3) is 6.59. The molecule has 0 saturated carbocycles. The summed E-state index contributed by atoms with van der Waals surface area (Å²) < 4.78 is 16.2. The lowest BCUT2D eigenvalue weighted by molar-refractivity contribution is -0.119. The lowest BCUT2D eigenvalue weighted by atomic mass is 10.2. The van der Waals surface area contributed by atoms with Crippen molar-refractivity contribution in [1.82, 2.24) is 0 Å². The van der Waals surface area contributed by atoms with Crippen molar-refractivity contribution in [2.24, 2.45) is 0 Å². The molecule has 30 heavy (non-hydrogen) atoms. The molecule has 2 N–H and O–H groups in total. The molecule has 2 aromatic rings. The highest BCUT2D eigenvalue weighted by Crippen LogP contribution is 2.17. The molecule has 0 radical (unpaired) electrons. The van der Waals surface area contributed by atoms with E-state index in [1.165, 1.54) is 6.92 Å². The lowest BCUT2D eigenvalue weighted by Gasteiger charge is -2.11. The molecule has 1 aliphatic rings. The Morgan fingerprint density at radius 1 is 1.00 bits per heavy atom. The normalized spacial score (nSPS) is 15.3. The van der Waals surface area contributed by atoms with Crippen LogP contribution in [0.25, 0.3) is 0 Å². The van der Waals surface area contributed by atoms with Crippen LogP contribution in [0.4, 0.5) is 11.4 Å². The van der Waals surface area contributed by atoms with Gasteiger partial charge < -0.3 is 24.8 Å². The van der Waals surface area contributed by atoms with Crippen molar-refractivity contribution >= 4 is 29.2 Å². The van der Waals surface area contributed by atoms with Gasteiger partial charge in [-0.1, -0.05) is 0 Å². The molecule has 2 aromatic carbocycles. The maximum absolute atomic E-state index is 12.1. The van der Waals surface area contributed by atoms with Crippen molar-refractivity contribution in [3.8, 4) is 5.75 Å². The average molecular weight is 412 g/mol. The van der Waals surface area contributed by atoms with Crippen molar-refractivity contribution < 1.29 is 28.6 Å². The van der Waals surface area contributed by atoms with Gasteiger partial charge in [-0.2, -0.15) is 0 Å². The molecule has 1 fully saturated rings. The standard InChI is InChI=1S/C22H24N2O6/c1-15(25)23-17-6-8-18(9-7-17)24-21(26)14-30-22(27)16-4-10-19(11-5-16)29-13-20-3-2-12-28-20/h4-11,20H,2-3,12-14H2,1H3,(H,23,25)(H,24,26)/t20-/m1/s1. The average Bonchev–Trinajstić information content (AvgIpc) is 3.26. The van der Waals surface area contributed by atoms with Gasteiger partial charge in [0.2, 0.25) is 5.91 Å². The van der Waals surface area contributed by atoms with E-state index >= 15 is 0 Å². The summed E-state index contributed by atoms with van der Waals surface area (Å²) in [6.07, 6.45) is 2.16. The summed E-state index contributed by atoms with van der Waals surface area (Å²) in [5, 5.41) is 5.25. The van der Waals surface area contributed by atoms with Gasteiger partial charge in [-0.25, -0.2) is 4.79 Å². The molecule has 0 unspecified atom stereocenters. The van der Waals surface area contributed by atoms with Gasteiger partial charge in [0.15, 0.2) is 6.61 Å². The number of rotatable bonds is 8. The number of carbonyl (C=O) groups excluding carboxylic acids is 3. The first-order chi connectivity index (χ1) is 14.5. The van der Waals surface area contributed by atoms with Crippen molar-refractivity contribution in [3.63, 3.8) is 0 Å². The summed E-state index contributed by atoms with van der Waals surface area (Å²) in [5.74, 6) is -0.604. The van der Waals surface area contributed by atoms with Gasteiger partial charge in [-0.15, -0.1) is 0 Å². The minimum absolute atomic E-state index is 0.120. The molecule has 0 bridgehead atoms. The number of hydrogen-bond donors (Lipinski definition) is 2. The molecule has 158 valence electrons. The number of hydrogen-bond acceptors (Lipinski definition) is 6. The van der Waals surface area contributed by atoms with Crippen LogP contribution in [0, 0.1) is 0 Å². The summed E-state index contributed by atoms with van der Waals surface area (Å²) in [4.78, 5) is 35.1. The van der Waals surface area contributed by atoms with Crippen LogP contribution in [0.2, 0.25) is 0 Å². The number of esters is 1. The van der Waals surface area contributed by atoms with E-state index in [0.717, 1.165) is 19.4 Å². The Balaban J connectivity index is 1.41. The van der Waals surface area contributed by atoms with Crippen LogP contribution >= 0.6 is 0 Å². The Hall–Kier alpha value is -3.39. The third-order valence-electron chi connectivity index (χ3n) is 4.37. The fourth-order valence-corrected chi connectivity index (χ4v) is 2.90. The number of amides is 2. The molecule has 0 aromatic heterocycles. The number of benzene rings is 2. The molecule has 0 spiro atoms. The van der Waals surface area contributed by atoms with Crippen molar-refractivity contribution in [2.45, 2.75) is 25.9 Å². The highest BCUT2D eigenvalue weighted by molar-refractivity contribution is 5.96. The second-order valence-corrected chi connectivity index (χ2v) is 6.85. The lowest BCUT2D eigenvalue weighted by Crippen LogP contribution is -2.21. The van der Waals surface area contributed by atoms with Crippen molar-refractivity contribution in [2.75, 3.05) is 30.5 Å². The van der Waals surface area contributed by atoms with E-state index in [-0.39, 0.29) is 12.0 Å². The Morgan fingerprint density at radius 3 is 2.27 bits per heavy atom. The van der Waals surface area contributed by atoms with E-state index in [1.54, 1.807) is 48.5 Å². The Labute approximate surface area is 174 Å². The molecular formula is C22H24N2O6. The minimum atomic E-state index is -0.600. The Bertz CT molecular complexity index is 874. The van der Waals surface area contributed by atoms with Crippen LogP contribution in [0.15, 0.2) is 48.5 Å².